The summed E-state index contributed by atoms with van der Waals surface area (Å²) in [6, 6.07) is 6.29. The zero-order valence-electron chi connectivity index (χ0n) is 9.60. The maximum Gasteiger partial charge on any atom is 0.257 e. The van der Waals surface area contributed by atoms with Crippen molar-refractivity contribution in [2.24, 2.45) is 0 Å². The Balaban J connectivity index is 1.83. The van der Waals surface area contributed by atoms with Gasteiger partial charge in [-0.3, -0.25) is 19.8 Å². The SMILES string of the molecule is O=C(CN1CC(O)C1)NC(=O)c1ccc(Cl)cc1. The van der Waals surface area contributed by atoms with Crippen LogP contribution in [0.1, 0.15) is 10.4 Å². The van der Waals surface area contributed by atoms with E-state index in [4.69, 9.17) is 16.7 Å². The molecule has 1 aliphatic rings. The number of nitrogens with one attached hydrogen (secondary N) is 1. The third-order valence-electron chi connectivity index (χ3n) is 2.66. The lowest BCUT2D eigenvalue weighted by Crippen LogP contribution is -2.54. The van der Waals surface area contributed by atoms with E-state index < -0.39 is 5.91 Å². The third kappa shape index (κ3) is 3.29. The molecule has 0 unspecified atom stereocenters. The summed E-state index contributed by atoms with van der Waals surface area (Å²) < 4.78 is 0. The fraction of sp³-hybridized carbons (Fsp3) is 0.333. The topological polar surface area (TPSA) is 69.6 Å². The lowest BCUT2D eigenvalue weighted by Gasteiger charge is -2.34. The second-order valence-corrected chi connectivity index (χ2v) is 4.67. The monoisotopic (exact) mass is 268 g/mol. The molecule has 1 fully saturated rings. The first kappa shape index (κ1) is 13.0. The van der Waals surface area contributed by atoms with Crippen LogP contribution in [0.3, 0.4) is 0 Å². The number of halogens is 1. The van der Waals surface area contributed by atoms with Gasteiger partial charge < -0.3 is 5.11 Å². The molecule has 1 aliphatic heterocycles. The molecular weight excluding hydrogens is 256 g/mol. The number of hydrogen-bond donors (Lipinski definition) is 2. The van der Waals surface area contributed by atoms with E-state index in [2.05, 4.69) is 5.32 Å². The molecular formula is C12H13ClN2O3. The summed E-state index contributed by atoms with van der Waals surface area (Å²) in [5.74, 6) is -0.820. The highest BCUT2D eigenvalue weighted by atomic mass is 35.5. The maximum atomic E-state index is 11.7. The average molecular weight is 269 g/mol. The highest BCUT2D eigenvalue weighted by Gasteiger charge is 2.26. The molecule has 0 spiro atoms. The molecule has 96 valence electrons. The van der Waals surface area contributed by atoms with Gasteiger partial charge in [-0.05, 0) is 24.3 Å². The van der Waals surface area contributed by atoms with E-state index in [0.717, 1.165) is 0 Å². The predicted octanol–water partition coefficient (Wildman–Crippen LogP) is 0.273. The van der Waals surface area contributed by atoms with E-state index in [1.807, 2.05) is 0 Å². The third-order valence-corrected chi connectivity index (χ3v) is 2.92. The number of imide groups is 1. The molecule has 1 aromatic carbocycles. The Kier molecular flexibility index (Phi) is 3.96. The number of carbonyl (C=O) groups is 2. The minimum Gasteiger partial charge on any atom is -0.390 e. The number of amides is 2. The van der Waals surface area contributed by atoms with E-state index in [1.165, 1.54) is 0 Å². The smallest absolute Gasteiger partial charge is 0.257 e. The van der Waals surface area contributed by atoms with Crippen LogP contribution in [0.25, 0.3) is 0 Å². The largest absolute Gasteiger partial charge is 0.390 e. The quantitative estimate of drug-likeness (QED) is 0.826. The highest BCUT2D eigenvalue weighted by molar-refractivity contribution is 6.30. The second-order valence-electron chi connectivity index (χ2n) is 4.23. The molecule has 5 nitrogen and oxygen atoms in total. The van der Waals surface area contributed by atoms with Crippen molar-refractivity contribution in [3.63, 3.8) is 0 Å². The van der Waals surface area contributed by atoms with Gasteiger partial charge in [0.15, 0.2) is 0 Å². The molecule has 1 heterocycles. The number of likely N-dealkylation sites (tertiary alicyclic amines) is 1. The number of β-amino-alcohol motifs (C(OH)–C–C–N with tert-alkyl or cyclic N) is 1. The summed E-state index contributed by atoms with van der Waals surface area (Å²) in [6.45, 7) is 1.07. The van der Waals surface area contributed by atoms with E-state index >= 15 is 0 Å². The normalized spacial score (nSPS) is 16.1. The fourth-order valence-corrected chi connectivity index (χ4v) is 1.84. The van der Waals surface area contributed by atoms with Crippen molar-refractivity contribution in [2.75, 3.05) is 19.6 Å². The number of benzene rings is 1. The Morgan fingerprint density at radius 3 is 2.50 bits per heavy atom. The van der Waals surface area contributed by atoms with Crippen molar-refractivity contribution < 1.29 is 14.7 Å². The summed E-state index contributed by atoms with van der Waals surface area (Å²) in [5, 5.41) is 11.9. The summed E-state index contributed by atoms with van der Waals surface area (Å²) in [6.07, 6.45) is -0.357. The van der Waals surface area contributed by atoms with Crippen LogP contribution in [-0.2, 0) is 4.79 Å². The summed E-state index contributed by atoms with van der Waals surface area (Å²) >= 11 is 5.70. The number of aliphatic hydroxyl groups excluding tert-OH is 1. The predicted molar refractivity (Wildman–Crippen MR) is 66.4 cm³/mol. The van der Waals surface area contributed by atoms with Gasteiger partial charge in [0, 0.05) is 23.7 Å². The van der Waals surface area contributed by atoms with E-state index in [-0.39, 0.29) is 18.6 Å². The molecule has 2 N–H and O–H groups in total. The number of nitrogens with zero attached hydrogens (tertiary/aromatic N) is 1. The van der Waals surface area contributed by atoms with Crippen LogP contribution >= 0.6 is 11.6 Å². The van der Waals surface area contributed by atoms with Gasteiger partial charge in [-0.25, -0.2) is 0 Å². The van der Waals surface area contributed by atoms with E-state index in [0.29, 0.717) is 23.7 Å². The highest BCUT2D eigenvalue weighted by Crippen LogP contribution is 2.09. The Morgan fingerprint density at radius 1 is 1.33 bits per heavy atom. The van der Waals surface area contributed by atoms with Crippen molar-refractivity contribution in [1.29, 1.82) is 0 Å². The van der Waals surface area contributed by atoms with Crippen LogP contribution in [0.5, 0.6) is 0 Å². The molecule has 6 heteroatoms. The summed E-state index contributed by atoms with van der Waals surface area (Å²) in [7, 11) is 0. The molecule has 0 atom stereocenters. The van der Waals surface area contributed by atoms with Gasteiger partial charge in [-0.15, -0.1) is 0 Å². The summed E-state index contributed by atoms with van der Waals surface area (Å²) in [5.41, 5.74) is 0.386. The van der Waals surface area contributed by atoms with Crippen molar-refractivity contribution in [1.82, 2.24) is 10.2 Å². The zero-order valence-corrected chi connectivity index (χ0v) is 10.4. The minimum atomic E-state index is -0.447. The van der Waals surface area contributed by atoms with Crippen LogP contribution in [0.15, 0.2) is 24.3 Å². The van der Waals surface area contributed by atoms with Crippen LogP contribution in [0.2, 0.25) is 5.02 Å². The van der Waals surface area contributed by atoms with Gasteiger partial charge in [0.1, 0.15) is 0 Å². The molecule has 0 bridgehead atoms. The summed E-state index contributed by atoms with van der Waals surface area (Å²) in [4.78, 5) is 25.0. The molecule has 0 saturated carbocycles. The average Bonchev–Trinajstić information content (AvgIpc) is 2.27. The Labute approximate surface area is 109 Å². The standard InChI is InChI=1S/C12H13ClN2O3/c13-9-3-1-8(2-4-9)12(18)14-11(17)7-15-5-10(16)6-15/h1-4,10,16H,5-7H2,(H,14,17,18). The van der Waals surface area contributed by atoms with E-state index in [1.54, 1.807) is 29.2 Å². The zero-order chi connectivity index (χ0) is 13.1. The number of hydrogen-bond acceptors (Lipinski definition) is 4. The Hall–Kier alpha value is -1.43. The Bertz CT molecular complexity index is 455. The minimum absolute atomic E-state index is 0.121. The maximum absolute atomic E-state index is 11.7. The van der Waals surface area contributed by atoms with Crippen molar-refractivity contribution >= 4 is 23.4 Å². The molecule has 1 saturated heterocycles. The van der Waals surface area contributed by atoms with Gasteiger partial charge >= 0.3 is 0 Å². The first-order valence-corrected chi connectivity index (χ1v) is 5.92. The lowest BCUT2D eigenvalue weighted by molar-refractivity contribution is -0.123. The lowest BCUT2D eigenvalue weighted by atomic mass is 10.1. The van der Waals surface area contributed by atoms with Gasteiger partial charge in [-0.1, -0.05) is 11.6 Å². The molecule has 0 radical (unpaired) electrons. The molecule has 0 aliphatic carbocycles. The van der Waals surface area contributed by atoms with Gasteiger partial charge in [-0.2, -0.15) is 0 Å². The molecule has 18 heavy (non-hydrogen) atoms. The van der Waals surface area contributed by atoms with Crippen LogP contribution in [0, 0.1) is 0 Å². The molecule has 0 aromatic heterocycles. The molecule has 2 rings (SSSR count). The molecule has 2 amide bonds. The van der Waals surface area contributed by atoms with Crippen LogP contribution in [-0.4, -0.2) is 47.6 Å². The number of carbonyl (C=O) groups excluding carboxylic acids is 2. The second kappa shape index (κ2) is 5.48. The number of rotatable bonds is 3. The van der Waals surface area contributed by atoms with Gasteiger partial charge in [0.25, 0.3) is 5.91 Å². The van der Waals surface area contributed by atoms with Crippen molar-refractivity contribution in [3.8, 4) is 0 Å². The van der Waals surface area contributed by atoms with Crippen LogP contribution < -0.4 is 5.32 Å². The fourth-order valence-electron chi connectivity index (χ4n) is 1.71. The van der Waals surface area contributed by atoms with Crippen molar-refractivity contribution in [3.05, 3.63) is 34.9 Å². The van der Waals surface area contributed by atoms with Gasteiger partial charge in [0.05, 0.1) is 12.6 Å². The van der Waals surface area contributed by atoms with E-state index in [9.17, 15) is 9.59 Å². The first-order chi connectivity index (χ1) is 8.54. The first-order valence-electron chi connectivity index (χ1n) is 5.55. The van der Waals surface area contributed by atoms with Gasteiger partial charge in [0.2, 0.25) is 5.91 Å². The Morgan fingerprint density at radius 2 is 1.94 bits per heavy atom. The molecule has 1 aromatic rings. The van der Waals surface area contributed by atoms with Crippen LogP contribution in [0.4, 0.5) is 0 Å². The number of aliphatic hydroxyl groups is 1. The van der Waals surface area contributed by atoms with Crippen molar-refractivity contribution in [2.45, 2.75) is 6.10 Å².